The largest absolute Gasteiger partial charge is 0.493 e. The van der Waals surface area contributed by atoms with Gasteiger partial charge in [0.2, 0.25) is 0 Å². The molecule has 3 aromatic rings. The van der Waals surface area contributed by atoms with Gasteiger partial charge in [0.05, 0.1) is 31.0 Å². The van der Waals surface area contributed by atoms with Crippen LogP contribution in [0.1, 0.15) is 31.0 Å². The summed E-state index contributed by atoms with van der Waals surface area (Å²) in [5.74, 6) is 0.574. The number of allylic oxidation sites excluding steroid dienone is 1. The van der Waals surface area contributed by atoms with Crippen molar-refractivity contribution in [3.05, 3.63) is 101 Å². The lowest BCUT2D eigenvalue weighted by Gasteiger charge is -2.35. The molecule has 1 aliphatic rings. The van der Waals surface area contributed by atoms with Crippen LogP contribution in [0.25, 0.3) is 0 Å². The molecule has 0 aliphatic carbocycles. The molecule has 1 atom stereocenters. The lowest BCUT2D eigenvalue weighted by molar-refractivity contribution is -0.139. The first-order valence-electron chi connectivity index (χ1n) is 11.4. The second-order valence-corrected chi connectivity index (χ2v) is 7.96. The zero-order chi connectivity index (χ0) is 24.8. The normalized spacial score (nSPS) is 15.5. The molecule has 3 aromatic carbocycles. The first kappa shape index (κ1) is 23.9. The predicted molar refractivity (Wildman–Crippen MR) is 133 cm³/mol. The lowest BCUT2D eigenvalue weighted by Crippen LogP contribution is -2.48. The summed E-state index contributed by atoms with van der Waals surface area (Å²) in [5, 5.41) is 2.96. The van der Waals surface area contributed by atoms with Crippen LogP contribution in [0, 0.1) is 0 Å². The first-order valence-corrected chi connectivity index (χ1v) is 11.4. The molecular formula is C28H28N2O5. The van der Waals surface area contributed by atoms with Crippen molar-refractivity contribution in [3.8, 4) is 11.5 Å². The fourth-order valence-corrected chi connectivity index (χ4v) is 4.07. The number of methoxy groups -OCH3 is 1. The third-order valence-corrected chi connectivity index (χ3v) is 5.75. The summed E-state index contributed by atoms with van der Waals surface area (Å²) in [4.78, 5) is 27.7. The number of nitrogens with zero attached hydrogens (tertiary/aromatic N) is 1. The van der Waals surface area contributed by atoms with Gasteiger partial charge in [-0.25, -0.2) is 9.59 Å². The number of para-hydroxylation sites is 1. The molecule has 180 valence electrons. The number of nitrogens with one attached hydrogen (secondary N) is 1. The van der Waals surface area contributed by atoms with Gasteiger partial charge in [-0.1, -0.05) is 54.6 Å². The quantitative estimate of drug-likeness (QED) is 0.445. The molecule has 0 fully saturated rings. The summed E-state index contributed by atoms with van der Waals surface area (Å²) in [6, 6.07) is 23.3. The first-order chi connectivity index (χ1) is 17.0. The predicted octanol–water partition coefficient (Wildman–Crippen LogP) is 5.38. The van der Waals surface area contributed by atoms with E-state index in [0.717, 1.165) is 5.56 Å². The van der Waals surface area contributed by atoms with Crippen molar-refractivity contribution in [3.63, 3.8) is 0 Å². The van der Waals surface area contributed by atoms with E-state index in [1.54, 1.807) is 33.1 Å². The fourth-order valence-electron chi connectivity index (χ4n) is 4.07. The third-order valence-electron chi connectivity index (χ3n) is 5.75. The van der Waals surface area contributed by atoms with E-state index < -0.39 is 12.0 Å². The van der Waals surface area contributed by atoms with Crippen molar-refractivity contribution in [2.24, 2.45) is 0 Å². The van der Waals surface area contributed by atoms with E-state index in [9.17, 15) is 9.59 Å². The highest BCUT2D eigenvalue weighted by Gasteiger charge is 2.37. The van der Waals surface area contributed by atoms with Gasteiger partial charge in [-0.15, -0.1) is 0 Å². The third kappa shape index (κ3) is 5.14. The summed E-state index contributed by atoms with van der Waals surface area (Å²) < 4.78 is 16.9. The Balaban J connectivity index is 1.69. The Morgan fingerprint density at radius 1 is 0.971 bits per heavy atom. The van der Waals surface area contributed by atoms with Crippen LogP contribution in [0.2, 0.25) is 0 Å². The summed E-state index contributed by atoms with van der Waals surface area (Å²) in [7, 11) is 1.55. The molecule has 0 saturated carbocycles. The minimum Gasteiger partial charge on any atom is -0.493 e. The van der Waals surface area contributed by atoms with E-state index in [-0.39, 0.29) is 12.6 Å². The van der Waals surface area contributed by atoms with Gasteiger partial charge in [-0.3, -0.25) is 4.90 Å². The van der Waals surface area contributed by atoms with Gasteiger partial charge in [-0.2, -0.15) is 0 Å². The van der Waals surface area contributed by atoms with Crippen molar-refractivity contribution in [1.29, 1.82) is 0 Å². The summed E-state index contributed by atoms with van der Waals surface area (Å²) >= 11 is 0. The Kier molecular flexibility index (Phi) is 7.35. The van der Waals surface area contributed by atoms with E-state index in [1.165, 1.54) is 4.90 Å². The van der Waals surface area contributed by atoms with E-state index in [1.807, 2.05) is 66.7 Å². The SMILES string of the molecule is CCOC(=O)C1=C(C)N(c2ccccc2)C(=O)N[C@H]1c1ccc(OCc2ccccc2)c(OC)c1. The zero-order valence-electron chi connectivity index (χ0n) is 20.0. The molecular weight excluding hydrogens is 444 g/mol. The molecule has 0 unspecified atom stereocenters. The maximum absolute atomic E-state index is 13.2. The zero-order valence-corrected chi connectivity index (χ0v) is 20.0. The van der Waals surface area contributed by atoms with Gasteiger partial charge in [0.25, 0.3) is 0 Å². The second-order valence-electron chi connectivity index (χ2n) is 7.96. The van der Waals surface area contributed by atoms with Crippen LogP contribution in [0.15, 0.2) is 90.1 Å². The van der Waals surface area contributed by atoms with Gasteiger partial charge < -0.3 is 19.5 Å². The van der Waals surface area contributed by atoms with Crippen molar-refractivity contribution in [2.75, 3.05) is 18.6 Å². The number of ether oxygens (including phenoxy) is 3. The number of hydrogen-bond acceptors (Lipinski definition) is 5. The number of rotatable bonds is 8. The van der Waals surface area contributed by atoms with Gasteiger partial charge in [0.15, 0.2) is 11.5 Å². The maximum Gasteiger partial charge on any atom is 0.338 e. The molecule has 0 bridgehead atoms. The van der Waals surface area contributed by atoms with E-state index in [0.29, 0.717) is 40.6 Å². The number of anilines is 1. The molecule has 7 nitrogen and oxygen atoms in total. The Hall–Kier alpha value is -4.26. The van der Waals surface area contributed by atoms with Gasteiger partial charge in [0.1, 0.15) is 6.61 Å². The van der Waals surface area contributed by atoms with Gasteiger partial charge in [-0.05, 0) is 49.2 Å². The smallest absolute Gasteiger partial charge is 0.338 e. The number of hydrogen-bond donors (Lipinski definition) is 1. The summed E-state index contributed by atoms with van der Waals surface area (Å²) in [6.45, 7) is 4.10. The molecule has 7 heteroatoms. The molecule has 1 aliphatic heterocycles. The van der Waals surface area contributed by atoms with Crippen LogP contribution in [-0.2, 0) is 16.1 Å². The van der Waals surface area contributed by atoms with Crippen LogP contribution >= 0.6 is 0 Å². The molecule has 2 amide bonds. The number of urea groups is 1. The molecule has 1 N–H and O–H groups in total. The van der Waals surface area contributed by atoms with E-state index in [2.05, 4.69) is 5.32 Å². The maximum atomic E-state index is 13.2. The van der Waals surface area contributed by atoms with Crippen LogP contribution < -0.4 is 19.7 Å². The van der Waals surface area contributed by atoms with Crippen molar-refractivity contribution in [2.45, 2.75) is 26.5 Å². The number of benzene rings is 3. The van der Waals surface area contributed by atoms with Crippen LogP contribution in [0.4, 0.5) is 10.5 Å². The number of esters is 1. The number of carbonyl (C=O) groups is 2. The molecule has 4 rings (SSSR count). The minimum absolute atomic E-state index is 0.219. The minimum atomic E-state index is -0.710. The summed E-state index contributed by atoms with van der Waals surface area (Å²) in [5.41, 5.74) is 3.23. The highest BCUT2D eigenvalue weighted by Crippen LogP contribution is 2.37. The topological polar surface area (TPSA) is 77.1 Å². The average molecular weight is 473 g/mol. The standard InChI is InChI=1S/C28H28N2O5/c1-4-34-27(31)25-19(2)30(22-13-9-6-10-14-22)28(32)29-26(25)21-15-16-23(24(17-21)33-3)35-18-20-11-7-5-8-12-20/h5-17,26H,4,18H2,1-3H3,(H,29,32)/t26-/m0/s1. The van der Waals surface area contributed by atoms with Crippen LogP contribution in [0.3, 0.4) is 0 Å². The van der Waals surface area contributed by atoms with Crippen molar-refractivity contribution < 1.29 is 23.8 Å². The molecule has 1 heterocycles. The highest BCUT2D eigenvalue weighted by molar-refractivity contribution is 6.03. The van der Waals surface area contributed by atoms with Crippen molar-refractivity contribution in [1.82, 2.24) is 5.32 Å². The molecule has 35 heavy (non-hydrogen) atoms. The van der Waals surface area contributed by atoms with Gasteiger partial charge >= 0.3 is 12.0 Å². The second kappa shape index (κ2) is 10.8. The fraction of sp³-hybridized carbons (Fsp3) is 0.214. The molecule has 0 spiro atoms. The molecule has 0 saturated heterocycles. The van der Waals surface area contributed by atoms with Crippen LogP contribution in [0.5, 0.6) is 11.5 Å². The van der Waals surface area contributed by atoms with Crippen molar-refractivity contribution >= 4 is 17.7 Å². The van der Waals surface area contributed by atoms with E-state index in [4.69, 9.17) is 14.2 Å². The average Bonchev–Trinajstić information content (AvgIpc) is 2.88. The molecule has 0 aromatic heterocycles. The Morgan fingerprint density at radius 2 is 1.66 bits per heavy atom. The lowest BCUT2D eigenvalue weighted by atomic mass is 9.94. The summed E-state index contributed by atoms with van der Waals surface area (Å²) in [6.07, 6.45) is 0. The Labute approximate surface area is 204 Å². The van der Waals surface area contributed by atoms with Crippen LogP contribution in [-0.4, -0.2) is 25.7 Å². The highest BCUT2D eigenvalue weighted by atomic mass is 16.5. The number of amides is 2. The Bertz CT molecular complexity index is 1220. The Morgan fingerprint density at radius 3 is 2.31 bits per heavy atom. The molecule has 0 radical (unpaired) electrons. The van der Waals surface area contributed by atoms with E-state index >= 15 is 0 Å². The monoisotopic (exact) mass is 472 g/mol. The number of carbonyl (C=O) groups excluding carboxylic acids is 2. The van der Waals surface area contributed by atoms with Gasteiger partial charge in [0, 0.05) is 5.70 Å².